The van der Waals surface area contributed by atoms with Crippen LogP contribution in [0.5, 0.6) is 0 Å². The highest BCUT2D eigenvalue weighted by atomic mass is 32.2. The maximum atomic E-state index is 8.55. The lowest BCUT2D eigenvalue weighted by atomic mass is 10.4. The van der Waals surface area contributed by atoms with Gasteiger partial charge < -0.3 is 10.2 Å². The van der Waals surface area contributed by atoms with E-state index in [0.717, 1.165) is 13.0 Å². The summed E-state index contributed by atoms with van der Waals surface area (Å²) in [7, 11) is 0. The molecule has 0 heterocycles. The molecule has 0 unspecified atom stereocenters. The van der Waals surface area contributed by atoms with Crippen molar-refractivity contribution >= 4 is 11.9 Å². The van der Waals surface area contributed by atoms with Gasteiger partial charge in [0.2, 0.25) is 0 Å². The largest absolute Gasteiger partial charge is 0.396 e. The molecule has 0 radical (unpaired) electrons. The molecular weight excluding hydrogens is 150 g/mol. The third-order valence-corrected chi connectivity index (χ3v) is 2.05. The SMILES string of the molecule is CSN(CCO)CCCO. The van der Waals surface area contributed by atoms with Crippen molar-refractivity contribution in [1.82, 2.24) is 4.31 Å². The molecule has 0 bridgehead atoms. The molecule has 0 amide bonds. The van der Waals surface area contributed by atoms with E-state index in [1.165, 1.54) is 0 Å². The van der Waals surface area contributed by atoms with E-state index in [4.69, 9.17) is 10.2 Å². The molecule has 0 aromatic carbocycles. The van der Waals surface area contributed by atoms with E-state index < -0.39 is 0 Å². The molecule has 4 heteroatoms. The van der Waals surface area contributed by atoms with Crippen LogP contribution in [0.4, 0.5) is 0 Å². The predicted octanol–water partition coefficient (Wildman–Crippen LogP) is -0.0589. The number of hydrogen-bond acceptors (Lipinski definition) is 4. The van der Waals surface area contributed by atoms with E-state index in [2.05, 4.69) is 0 Å². The van der Waals surface area contributed by atoms with Crippen molar-refractivity contribution in [1.29, 1.82) is 0 Å². The van der Waals surface area contributed by atoms with Crippen molar-refractivity contribution < 1.29 is 10.2 Å². The first kappa shape index (κ1) is 10.2. The van der Waals surface area contributed by atoms with E-state index in [0.29, 0.717) is 6.54 Å². The summed E-state index contributed by atoms with van der Waals surface area (Å²) in [6, 6.07) is 0. The normalized spacial score (nSPS) is 10.8. The van der Waals surface area contributed by atoms with Gasteiger partial charge in [-0.25, -0.2) is 4.31 Å². The molecule has 0 atom stereocenters. The van der Waals surface area contributed by atoms with Gasteiger partial charge in [0.05, 0.1) is 6.61 Å². The van der Waals surface area contributed by atoms with Crippen LogP contribution in [0.3, 0.4) is 0 Å². The zero-order valence-corrected chi connectivity index (χ0v) is 7.10. The van der Waals surface area contributed by atoms with Crippen LogP contribution in [-0.4, -0.2) is 47.1 Å². The highest BCUT2D eigenvalue weighted by Crippen LogP contribution is 2.03. The summed E-state index contributed by atoms with van der Waals surface area (Å²) in [5, 5.41) is 17.0. The first-order valence-electron chi connectivity index (χ1n) is 3.36. The molecule has 0 saturated heterocycles. The quantitative estimate of drug-likeness (QED) is 0.541. The molecule has 0 aliphatic carbocycles. The minimum atomic E-state index is 0.187. The minimum Gasteiger partial charge on any atom is -0.396 e. The van der Waals surface area contributed by atoms with Crippen molar-refractivity contribution in [2.45, 2.75) is 6.42 Å². The maximum absolute atomic E-state index is 8.55. The average Bonchev–Trinajstić information content (AvgIpc) is 1.98. The Morgan fingerprint density at radius 3 is 2.30 bits per heavy atom. The van der Waals surface area contributed by atoms with Crippen molar-refractivity contribution in [2.24, 2.45) is 0 Å². The molecule has 3 nitrogen and oxygen atoms in total. The molecule has 0 aliphatic heterocycles. The van der Waals surface area contributed by atoms with Crippen LogP contribution in [0.2, 0.25) is 0 Å². The molecule has 0 aromatic rings. The fraction of sp³-hybridized carbons (Fsp3) is 1.00. The first-order chi connectivity index (χ1) is 4.85. The summed E-state index contributed by atoms with van der Waals surface area (Å²) in [6.07, 6.45) is 2.74. The lowest BCUT2D eigenvalue weighted by Crippen LogP contribution is -2.21. The Morgan fingerprint density at radius 1 is 1.20 bits per heavy atom. The monoisotopic (exact) mass is 165 g/mol. The standard InChI is InChI=1S/C6H15NO2S/c1-10-7(4-6-9)3-2-5-8/h8-9H,2-6H2,1H3. The fourth-order valence-corrected chi connectivity index (χ4v) is 1.23. The number of rotatable bonds is 6. The topological polar surface area (TPSA) is 43.7 Å². The van der Waals surface area contributed by atoms with Gasteiger partial charge in [-0.2, -0.15) is 0 Å². The molecule has 0 saturated carbocycles. The average molecular weight is 165 g/mol. The van der Waals surface area contributed by atoms with Gasteiger partial charge in [0.15, 0.2) is 0 Å². The lowest BCUT2D eigenvalue weighted by molar-refractivity contribution is 0.241. The van der Waals surface area contributed by atoms with E-state index in [9.17, 15) is 0 Å². The van der Waals surface area contributed by atoms with Crippen molar-refractivity contribution in [2.75, 3.05) is 32.6 Å². The van der Waals surface area contributed by atoms with Gasteiger partial charge in [0.1, 0.15) is 0 Å². The van der Waals surface area contributed by atoms with Crippen molar-refractivity contribution in [3.8, 4) is 0 Å². The molecule has 0 aliphatic rings. The van der Waals surface area contributed by atoms with Gasteiger partial charge in [-0.15, -0.1) is 0 Å². The zero-order chi connectivity index (χ0) is 7.82. The van der Waals surface area contributed by atoms with Gasteiger partial charge in [0.25, 0.3) is 0 Å². The predicted molar refractivity (Wildman–Crippen MR) is 43.9 cm³/mol. The summed E-state index contributed by atoms with van der Waals surface area (Å²) in [4.78, 5) is 0. The molecule has 0 rings (SSSR count). The minimum absolute atomic E-state index is 0.187. The van der Waals surface area contributed by atoms with Crippen LogP contribution >= 0.6 is 11.9 Å². The summed E-state index contributed by atoms with van der Waals surface area (Å²) >= 11 is 1.60. The molecule has 0 fully saturated rings. The van der Waals surface area contributed by atoms with E-state index >= 15 is 0 Å². The maximum Gasteiger partial charge on any atom is 0.0567 e. The second kappa shape index (κ2) is 7.34. The first-order valence-corrected chi connectivity index (χ1v) is 4.54. The van der Waals surface area contributed by atoms with Crippen LogP contribution in [0.1, 0.15) is 6.42 Å². The Balaban J connectivity index is 3.21. The summed E-state index contributed by atoms with van der Waals surface area (Å²) in [5.41, 5.74) is 0. The smallest absolute Gasteiger partial charge is 0.0567 e. The molecule has 0 aromatic heterocycles. The van der Waals surface area contributed by atoms with E-state index in [1.54, 1.807) is 11.9 Å². The Labute approximate surface area is 66.2 Å². The van der Waals surface area contributed by atoms with Crippen LogP contribution < -0.4 is 0 Å². The Kier molecular flexibility index (Phi) is 7.51. The van der Waals surface area contributed by atoms with E-state index in [-0.39, 0.29) is 13.2 Å². The molecular formula is C6H15NO2S. The number of hydrogen-bond donors (Lipinski definition) is 2. The number of aliphatic hydroxyl groups is 2. The van der Waals surface area contributed by atoms with E-state index in [1.807, 2.05) is 10.6 Å². The molecule has 2 N–H and O–H groups in total. The number of nitrogens with zero attached hydrogens (tertiary/aromatic N) is 1. The van der Waals surface area contributed by atoms with Gasteiger partial charge in [-0.3, -0.25) is 0 Å². The van der Waals surface area contributed by atoms with Crippen LogP contribution in [0.25, 0.3) is 0 Å². The number of aliphatic hydroxyl groups excluding tert-OH is 2. The molecule has 0 spiro atoms. The Bertz CT molecular complexity index is 72.8. The fourth-order valence-electron chi connectivity index (χ4n) is 0.653. The van der Waals surface area contributed by atoms with Gasteiger partial charge >= 0.3 is 0 Å². The summed E-state index contributed by atoms with van der Waals surface area (Å²) < 4.78 is 2.02. The Hall–Kier alpha value is 0.230. The third kappa shape index (κ3) is 5.05. The lowest BCUT2D eigenvalue weighted by Gasteiger charge is -2.16. The van der Waals surface area contributed by atoms with Gasteiger partial charge in [-0.1, -0.05) is 11.9 Å². The van der Waals surface area contributed by atoms with Gasteiger partial charge in [0, 0.05) is 19.7 Å². The zero-order valence-electron chi connectivity index (χ0n) is 6.29. The molecule has 62 valence electrons. The second-order valence-electron chi connectivity index (χ2n) is 1.91. The van der Waals surface area contributed by atoms with Gasteiger partial charge in [-0.05, 0) is 12.7 Å². The van der Waals surface area contributed by atoms with Crippen LogP contribution in [-0.2, 0) is 0 Å². The molecule has 10 heavy (non-hydrogen) atoms. The highest BCUT2D eigenvalue weighted by Gasteiger charge is 1.99. The summed E-state index contributed by atoms with van der Waals surface area (Å²) in [5.74, 6) is 0. The van der Waals surface area contributed by atoms with Crippen LogP contribution in [0.15, 0.2) is 0 Å². The highest BCUT2D eigenvalue weighted by molar-refractivity contribution is 7.96. The van der Waals surface area contributed by atoms with Crippen molar-refractivity contribution in [3.05, 3.63) is 0 Å². The third-order valence-electron chi connectivity index (χ3n) is 1.17. The van der Waals surface area contributed by atoms with Crippen molar-refractivity contribution in [3.63, 3.8) is 0 Å². The second-order valence-corrected chi connectivity index (χ2v) is 2.79. The summed E-state index contributed by atoms with van der Waals surface area (Å²) in [6.45, 7) is 1.94. The van der Waals surface area contributed by atoms with Crippen LogP contribution in [0, 0.1) is 0 Å². The Morgan fingerprint density at radius 2 is 1.90 bits per heavy atom.